The molecule has 0 aliphatic carbocycles. The molecule has 0 spiro atoms. The average molecular weight is 468 g/mol. The third-order valence-electron chi connectivity index (χ3n) is 4.99. The topological polar surface area (TPSA) is 138 Å². The SMILES string of the molecule is CO[C@@H]1CSSC[C@H]1OP1(=O)OC[C@H]2O[C@@H](n3ccc(=O)[nH]c3=O)[C@](C)(O)[C@@H]2O1. The Bertz CT molecular complexity index is 922. The molecule has 4 heterocycles. The summed E-state index contributed by atoms with van der Waals surface area (Å²) in [4.78, 5) is 25.5. The van der Waals surface area contributed by atoms with Gasteiger partial charge in [0.05, 0.1) is 12.7 Å². The minimum Gasteiger partial charge on any atom is -0.383 e. The number of aromatic nitrogens is 2. The number of fused-ring (bicyclic) bond motifs is 1. The number of hydrogen-bond acceptors (Lipinski definition) is 11. The zero-order chi connectivity index (χ0) is 20.8. The van der Waals surface area contributed by atoms with Gasteiger partial charge in [-0.05, 0) is 6.92 Å². The van der Waals surface area contributed by atoms with Crippen molar-refractivity contribution in [2.75, 3.05) is 25.2 Å². The molecule has 3 aliphatic rings. The molecule has 0 amide bonds. The first kappa shape index (κ1) is 21.6. The number of aliphatic hydroxyl groups is 1. The summed E-state index contributed by atoms with van der Waals surface area (Å²) in [7, 11) is 0.740. The summed E-state index contributed by atoms with van der Waals surface area (Å²) in [5, 5.41) is 11.1. The Morgan fingerprint density at radius 2 is 2.07 bits per heavy atom. The second kappa shape index (κ2) is 8.13. The molecule has 0 aromatic carbocycles. The summed E-state index contributed by atoms with van der Waals surface area (Å²) in [5.41, 5.74) is -3.07. The molecule has 3 fully saturated rings. The van der Waals surface area contributed by atoms with Crippen molar-refractivity contribution in [1.29, 1.82) is 0 Å². The molecule has 1 unspecified atom stereocenters. The molecule has 3 saturated heterocycles. The third kappa shape index (κ3) is 4.12. The number of methoxy groups -OCH3 is 1. The van der Waals surface area contributed by atoms with Gasteiger partial charge in [0.1, 0.15) is 23.9 Å². The number of rotatable bonds is 4. The Balaban J connectivity index is 1.55. The van der Waals surface area contributed by atoms with Gasteiger partial charge in [-0.2, -0.15) is 0 Å². The first-order chi connectivity index (χ1) is 13.7. The van der Waals surface area contributed by atoms with E-state index in [2.05, 4.69) is 4.98 Å². The molecule has 1 aromatic heterocycles. The van der Waals surface area contributed by atoms with Crippen LogP contribution in [0.4, 0.5) is 0 Å². The van der Waals surface area contributed by atoms with Crippen LogP contribution in [0.15, 0.2) is 21.9 Å². The summed E-state index contributed by atoms with van der Waals surface area (Å²) in [6, 6.07) is 1.14. The molecule has 2 N–H and O–H groups in total. The standard InChI is InChI=1S/C15H21N2O9PS2/c1-15(20)12-8(24-13(15)17-4-3-11(18)16-14(17)19)5-23-27(21,26-12)25-10-7-29-28-6-9(10)22-2/h3-4,8-10,12-13,20H,5-7H2,1-2H3,(H,16,18,19)/t8-,9-,10-,12-,13-,15-,27?/m1/s1. The maximum absolute atomic E-state index is 13.1. The number of phosphoric ester groups is 1. The quantitative estimate of drug-likeness (QED) is 0.472. The van der Waals surface area contributed by atoms with E-state index in [1.807, 2.05) is 0 Å². The zero-order valence-electron chi connectivity index (χ0n) is 15.6. The van der Waals surface area contributed by atoms with Crippen molar-refractivity contribution >= 4 is 29.4 Å². The molecule has 29 heavy (non-hydrogen) atoms. The third-order valence-corrected chi connectivity index (χ3v) is 8.88. The molecule has 0 radical (unpaired) electrons. The van der Waals surface area contributed by atoms with Crippen molar-refractivity contribution in [3.63, 3.8) is 0 Å². The minimum absolute atomic E-state index is 0.154. The van der Waals surface area contributed by atoms with Crippen LogP contribution < -0.4 is 11.2 Å². The lowest BCUT2D eigenvalue weighted by Crippen LogP contribution is -2.49. The van der Waals surface area contributed by atoms with E-state index in [1.165, 1.54) is 13.1 Å². The first-order valence-corrected chi connectivity index (χ1v) is 12.8. The highest BCUT2D eigenvalue weighted by molar-refractivity contribution is 8.76. The van der Waals surface area contributed by atoms with E-state index >= 15 is 0 Å². The molecule has 162 valence electrons. The number of nitrogens with one attached hydrogen (secondary N) is 1. The second-order valence-corrected chi connectivity index (χ2v) is 11.2. The Kier molecular flexibility index (Phi) is 6.06. The van der Waals surface area contributed by atoms with Crippen molar-refractivity contribution < 1.29 is 32.7 Å². The van der Waals surface area contributed by atoms with Gasteiger partial charge in [0.2, 0.25) is 0 Å². The van der Waals surface area contributed by atoms with Crippen LogP contribution in [0, 0.1) is 0 Å². The zero-order valence-corrected chi connectivity index (χ0v) is 18.1. The number of ether oxygens (including phenoxy) is 2. The Hall–Kier alpha value is -0.630. The monoisotopic (exact) mass is 468 g/mol. The summed E-state index contributed by atoms with van der Waals surface area (Å²) in [6.07, 6.45) is -2.59. The summed E-state index contributed by atoms with van der Waals surface area (Å²) in [6.45, 7) is 1.25. The Morgan fingerprint density at radius 1 is 1.34 bits per heavy atom. The van der Waals surface area contributed by atoms with Crippen LogP contribution in [0.1, 0.15) is 13.2 Å². The van der Waals surface area contributed by atoms with Gasteiger partial charge in [-0.15, -0.1) is 0 Å². The van der Waals surface area contributed by atoms with Crippen LogP contribution in [0.3, 0.4) is 0 Å². The van der Waals surface area contributed by atoms with Crippen LogP contribution in [-0.4, -0.2) is 69.9 Å². The van der Waals surface area contributed by atoms with Crippen LogP contribution in [0.5, 0.6) is 0 Å². The number of H-pyrrole nitrogens is 1. The molecule has 11 nitrogen and oxygen atoms in total. The van der Waals surface area contributed by atoms with E-state index in [0.717, 1.165) is 10.6 Å². The molecular weight excluding hydrogens is 447 g/mol. The van der Waals surface area contributed by atoms with Gasteiger partial charge in [-0.3, -0.25) is 27.9 Å². The van der Waals surface area contributed by atoms with E-state index in [1.54, 1.807) is 28.7 Å². The van der Waals surface area contributed by atoms with Crippen molar-refractivity contribution in [2.24, 2.45) is 0 Å². The normalized spacial score (nSPS) is 42.5. The molecular formula is C15H21N2O9PS2. The van der Waals surface area contributed by atoms with E-state index in [4.69, 9.17) is 23.0 Å². The lowest BCUT2D eigenvalue weighted by Gasteiger charge is -2.37. The number of phosphoric acid groups is 1. The van der Waals surface area contributed by atoms with Crippen LogP contribution in [0.25, 0.3) is 0 Å². The van der Waals surface area contributed by atoms with Gasteiger partial charge >= 0.3 is 13.5 Å². The second-order valence-electron chi connectivity index (χ2n) is 7.03. The van der Waals surface area contributed by atoms with Gasteiger partial charge in [-0.25, -0.2) is 9.36 Å². The highest BCUT2D eigenvalue weighted by Gasteiger charge is 2.60. The summed E-state index contributed by atoms with van der Waals surface area (Å²) < 4.78 is 41.9. The highest BCUT2D eigenvalue weighted by Crippen LogP contribution is 2.60. The van der Waals surface area contributed by atoms with Crippen LogP contribution in [0.2, 0.25) is 0 Å². The predicted molar refractivity (Wildman–Crippen MR) is 105 cm³/mol. The van der Waals surface area contributed by atoms with Crippen molar-refractivity contribution in [3.05, 3.63) is 33.1 Å². The molecule has 0 bridgehead atoms. The van der Waals surface area contributed by atoms with Crippen molar-refractivity contribution in [3.8, 4) is 0 Å². The summed E-state index contributed by atoms with van der Waals surface area (Å²) >= 11 is 0. The lowest BCUT2D eigenvalue weighted by molar-refractivity contribution is -0.0968. The largest absolute Gasteiger partial charge is 0.475 e. The fraction of sp³-hybridized carbons (Fsp3) is 0.733. The lowest BCUT2D eigenvalue weighted by atomic mass is 9.96. The van der Waals surface area contributed by atoms with Crippen LogP contribution in [-0.2, 0) is 27.6 Å². The molecule has 0 saturated carbocycles. The van der Waals surface area contributed by atoms with Gasteiger partial charge in [-0.1, -0.05) is 21.6 Å². The van der Waals surface area contributed by atoms with Gasteiger partial charge in [0.15, 0.2) is 6.23 Å². The number of aromatic amines is 1. The van der Waals surface area contributed by atoms with Gasteiger partial charge in [0.25, 0.3) is 5.56 Å². The predicted octanol–water partition coefficient (Wildman–Crippen LogP) is 0.504. The Labute approximate surface area is 173 Å². The first-order valence-electron chi connectivity index (χ1n) is 8.81. The molecule has 7 atom stereocenters. The summed E-state index contributed by atoms with van der Waals surface area (Å²) in [5.74, 6) is 1.20. The van der Waals surface area contributed by atoms with Gasteiger partial charge < -0.3 is 14.6 Å². The number of hydrogen-bond donors (Lipinski definition) is 2. The smallest absolute Gasteiger partial charge is 0.383 e. The minimum atomic E-state index is -4.01. The van der Waals surface area contributed by atoms with E-state index < -0.39 is 49.2 Å². The average Bonchev–Trinajstić information content (AvgIpc) is 2.92. The highest BCUT2D eigenvalue weighted by atomic mass is 33.1. The Morgan fingerprint density at radius 3 is 2.76 bits per heavy atom. The maximum Gasteiger partial charge on any atom is 0.475 e. The van der Waals surface area contributed by atoms with E-state index in [9.17, 15) is 19.3 Å². The molecule has 4 rings (SSSR count). The van der Waals surface area contributed by atoms with Gasteiger partial charge in [0, 0.05) is 30.9 Å². The molecule has 3 aliphatic heterocycles. The fourth-order valence-corrected chi connectivity index (χ4v) is 7.72. The van der Waals surface area contributed by atoms with E-state index in [0.29, 0.717) is 11.5 Å². The maximum atomic E-state index is 13.1. The van der Waals surface area contributed by atoms with Crippen molar-refractivity contribution in [2.45, 2.75) is 43.2 Å². The fourth-order valence-electron chi connectivity index (χ4n) is 3.47. The molecule has 1 aromatic rings. The van der Waals surface area contributed by atoms with Crippen LogP contribution >= 0.6 is 29.4 Å². The van der Waals surface area contributed by atoms with Crippen molar-refractivity contribution in [1.82, 2.24) is 9.55 Å². The molecule has 14 heteroatoms. The van der Waals surface area contributed by atoms with E-state index in [-0.39, 0.29) is 12.7 Å². The number of nitrogens with zero attached hydrogens (tertiary/aromatic N) is 1.